The van der Waals surface area contributed by atoms with E-state index in [0.29, 0.717) is 6.04 Å². The summed E-state index contributed by atoms with van der Waals surface area (Å²) >= 11 is 0. The predicted octanol–water partition coefficient (Wildman–Crippen LogP) is 2.54. The molecule has 0 saturated carbocycles. The quantitative estimate of drug-likeness (QED) is 0.905. The third-order valence-corrected chi connectivity index (χ3v) is 3.74. The number of methoxy groups -OCH3 is 1. The second-order valence-corrected chi connectivity index (χ2v) is 5.28. The average Bonchev–Trinajstić information content (AvgIpc) is 2.39. The Hall–Kier alpha value is -1.52. The van der Waals surface area contributed by atoms with Crippen LogP contribution in [0.3, 0.4) is 0 Å². The van der Waals surface area contributed by atoms with Crippen LogP contribution in [0.2, 0.25) is 0 Å². The van der Waals surface area contributed by atoms with E-state index < -0.39 is 0 Å². The molecule has 0 aromatic carbocycles. The molecule has 2 unspecified atom stereocenters. The minimum atomic E-state index is 0.488. The van der Waals surface area contributed by atoms with Gasteiger partial charge in [-0.15, -0.1) is 0 Å². The van der Waals surface area contributed by atoms with Gasteiger partial charge in [-0.1, -0.05) is 6.92 Å². The molecular weight excluding hydrogens is 240 g/mol. The molecule has 5 heteroatoms. The van der Waals surface area contributed by atoms with Crippen LogP contribution in [-0.2, 0) is 0 Å². The monoisotopic (exact) mass is 264 g/mol. The Morgan fingerprint density at radius 2 is 2.21 bits per heavy atom. The van der Waals surface area contributed by atoms with E-state index in [-0.39, 0.29) is 0 Å². The summed E-state index contributed by atoms with van der Waals surface area (Å²) in [6.45, 7) is 8.46. The molecule has 1 aliphatic rings. The van der Waals surface area contributed by atoms with Gasteiger partial charge in [0.15, 0.2) is 11.6 Å². The molecule has 2 atom stereocenters. The van der Waals surface area contributed by atoms with Crippen molar-refractivity contribution in [3.8, 4) is 5.75 Å². The Morgan fingerprint density at radius 3 is 2.84 bits per heavy atom. The van der Waals surface area contributed by atoms with Gasteiger partial charge < -0.3 is 15.0 Å². The van der Waals surface area contributed by atoms with Crippen LogP contribution in [0.1, 0.15) is 33.6 Å². The highest BCUT2D eigenvalue weighted by Crippen LogP contribution is 2.36. The van der Waals surface area contributed by atoms with Crippen molar-refractivity contribution < 1.29 is 4.74 Å². The molecule has 0 spiro atoms. The summed E-state index contributed by atoms with van der Waals surface area (Å²) in [5.74, 6) is 3.23. The Morgan fingerprint density at radius 1 is 1.42 bits per heavy atom. The van der Waals surface area contributed by atoms with Crippen molar-refractivity contribution in [3.63, 3.8) is 0 Å². The molecule has 0 radical (unpaired) electrons. The molecule has 0 bridgehead atoms. The van der Waals surface area contributed by atoms with Crippen molar-refractivity contribution in [2.45, 2.75) is 39.7 Å². The van der Waals surface area contributed by atoms with Gasteiger partial charge in [0, 0.05) is 19.1 Å². The molecule has 19 heavy (non-hydrogen) atoms. The number of hydrogen-bond donors (Lipinski definition) is 1. The zero-order valence-corrected chi connectivity index (χ0v) is 12.3. The van der Waals surface area contributed by atoms with Gasteiger partial charge in [-0.3, -0.25) is 0 Å². The summed E-state index contributed by atoms with van der Waals surface area (Å²) in [6.07, 6.45) is 4.01. The lowest BCUT2D eigenvalue weighted by Crippen LogP contribution is -2.41. The number of rotatable bonds is 4. The van der Waals surface area contributed by atoms with Crippen LogP contribution in [0.15, 0.2) is 6.33 Å². The van der Waals surface area contributed by atoms with Crippen molar-refractivity contribution in [2.24, 2.45) is 5.92 Å². The molecule has 5 nitrogen and oxygen atoms in total. The van der Waals surface area contributed by atoms with Gasteiger partial charge in [0.1, 0.15) is 6.33 Å². The van der Waals surface area contributed by atoms with Gasteiger partial charge in [0.2, 0.25) is 5.75 Å². The summed E-state index contributed by atoms with van der Waals surface area (Å²) in [6, 6.07) is 0.488. The SMILES string of the molecule is CCNc1ncnc(N2CCC(C)CC2C)c1OC. The molecule has 0 amide bonds. The van der Waals surface area contributed by atoms with Gasteiger partial charge in [-0.05, 0) is 32.6 Å². The molecule has 1 N–H and O–H groups in total. The summed E-state index contributed by atoms with van der Waals surface area (Å²) in [5.41, 5.74) is 0. The van der Waals surface area contributed by atoms with Gasteiger partial charge in [-0.2, -0.15) is 0 Å². The second kappa shape index (κ2) is 6.08. The normalized spacial score (nSPS) is 23.3. The van der Waals surface area contributed by atoms with E-state index in [2.05, 4.69) is 34.0 Å². The first kappa shape index (κ1) is 13.9. The van der Waals surface area contributed by atoms with Crippen LogP contribution in [-0.4, -0.2) is 36.2 Å². The van der Waals surface area contributed by atoms with Gasteiger partial charge >= 0.3 is 0 Å². The van der Waals surface area contributed by atoms with Crippen molar-refractivity contribution in [2.75, 3.05) is 30.4 Å². The Kier molecular flexibility index (Phi) is 4.45. The lowest BCUT2D eigenvalue weighted by molar-refractivity contribution is 0.365. The van der Waals surface area contributed by atoms with E-state index >= 15 is 0 Å². The number of anilines is 2. The molecule has 0 aliphatic carbocycles. The van der Waals surface area contributed by atoms with Crippen LogP contribution in [0.25, 0.3) is 0 Å². The molecule has 1 saturated heterocycles. The largest absolute Gasteiger partial charge is 0.490 e. The molecule has 1 aromatic rings. The smallest absolute Gasteiger partial charge is 0.204 e. The zero-order valence-electron chi connectivity index (χ0n) is 12.3. The van der Waals surface area contributed by atoms with Crippen LogP contribution < -0.4 is 15.0 Å². The standard InChI is InChI=1S/C14H24N4O/c1-5-15-13-12(19-4)14(17-9-16-13)18-7-6-10(2)8-11(18)3/h9-11H,5-8H2,1-4H3,(H,15,16,17). The number of nitrogens with zero attached hydrogens (tertiary/aromatic N) is 3. The van der Waals surface area contributed by atoms with E-state index in [1.165, 1.54) is 12.8 Å². The van der Waals surface area contributed by atoms with Crippen LogP contribution in [0, 0.1) is 5.92 Å². The van der Waals surface area contributed by atoms with Crippen molar-refractivity contribution >= 4 is 11.6 Å². The van der Waals surface area contributed by atoms with Crippen LogP contribution in [0.4, 0.5) is 11.6 Å². The number of aromatic nitrogens is 2. The molecule has 2 rings (SSSR count). The number of piperidine rings is 1. The lowest BCUT2D eigenvalue weighted by Gasteiger charge is -2.38. The maximum absolute atomic E-state index is 5.53. The van der Waals surface area contributed by atoms with Crippen molar-refractivity contribution in [3.05, 3.63) is 6.33 Å². The van der Waals surface area contributed by atoms with E-state index in [0.717, 1.165) is 36.4 Å². The Bertz CT molecular complexity index is 424. The fraction of sp³-hybridized carbons (Fsp3) is 0.714. The zero-order chi connectivity index (χ0) is 13.8. The summed E-state index contributed by atoms with van der Waals surface area (Å²) in [4.78, 5) is 11.0. The number of hydrogen-bond acceptors (Lipinski definition) is 5. The first-order chi connectivity index (χ1) is 9.17. The molecule has 1 aromatic heterocycles. The number of ether oxygens (including phenoxy) is 1. The first-order valence-corrected chi connectivity index (χ1v) is 7.06. The van der Waals surface area contributed by atoms with E-state index in [1.54, 1.807) is 13.4 Å². The van der Waals surface area contributed by atoms with Crippen molar-refractivity contribution in [1.29, 1.82) is 0 Å². The summed E-state index contributed by atoms with van der Waals surface area (Å²) in [7, 11) is 1.68. The van der Waals surface area contributed by atoms with Gasteiger partial charge in [0.05, 0.1) is 7.11 Å². The topological polar surface area (TPSA) is 50.3 Å². The van der Waals surface area contributed by atoms with E-state index in [1.807, 2.05) is 6.92 Å². The second-order valence-electron chi connectivity index (χ2n) is 5.28. The molecule has 1 fully saturated rings. The van der Waals surface area contributed by atoms with Gasteiger partial charge in [0.25, 0.3) is 0 Å². The summed E-state index contributed by atoms with van der Waals surface area (Å²) in [5, 5.41) is 3.23. The Balaban J connectivity index is 2.30. The predicted molar refractivity (Wildman–Crippen MR) is 78.0 cm³/mol. The van der Waals surface area contributed by atoms with Crippen LogP contribution >= 0.6 is 0 Å². The lowest BCUT2D eigenvalue weighted by atomic mass is 9.93. The number of nitrogens with one attached hydrogen (secondary N) is 1. The van der Waals surface area contributed by atoms with E-state index in [9.17, 15) is 0 Å². The molecule has 1 aliphatic heterocycles. The highest BCUT2D eigenvalue weighted by molar-refractivity contribution is 5.65. The fourth-order valence-electron chi connectivity index (χ4n) is 2.77. The average molecular weight is 264 g/mol. The first-order valence-electron chi connectivity index (χ1n) is 7.06. The Labute approximate surface area is 115 Å². The molecular formula is C14H24N4O. The van der Waals surface area contributed by atoms with Crippen molar-refractivity contribution in [1.82, 2.24) is 9.97 Å². The summed E-state index contributed by atoms with van der Waals surface area (Å²) < 4.78 is 5.53. The third kappa shape index (κ3) is 2.91. The maximum Gasteiger partial charge on any atom is 0.204 e. The fourth-order valence-corrected chi connectivity index (χ4v) is 2.77. The minimum absolute atomic E-state index is 0.488. The highest BCUT2D eigenvalue weighted by Gasteiger charge is 2.27. The third-order valence-electron chi connectivity index (χ3n) is 3.74. The minimum Gasteiger partial charge on any atom is -0.490 e. The molecule has 2 heterocycles. The van der Waals surface area contributed by atoms with E-state index in [4.69, 9.17) is 4.74 Å². The molecule has 106 valence electrons. The highest BCUT2D eigenvalue weighted by atomic mass is 16.5. The van der Waals surface area contributed by atoms with Crippen LogP contribution in [0.5, 0.6) is 5.75 Å². The van der Waals surface area contributed by atoms with Gasteiger partial charge in [-0.25, -0.2) is 9.97 Å². The maximum atomic E-state index is 5.53.